The van der Waals surface area contributed by atoms with Gasteiger partial charge in [0.25, 0.3) is 0 Å². The maximum atomic E-state index is 11.7. The topological polar surface area (TPSA) is 118 Å². The molecule has 0 aliphatic carbocycles. The van der Waals surface area contributed by atoms with E-state index in [-0.39, 0.29) is 43.3 Å². The van der Waals surface area contributed by atoms with Crippen LogP contribution in [0, 0.1) is 11.8 Å². The molecule has 0 aromatic rings. The van der Waals surface area contributed by atoms with Crippen molar-refractivity contribution in [2.75, 3.05) is 0 Å². The van der Waals surface area contributed by atoms with Gasteiger partial charge in [0.1, 0.15) is 5.78 Å². The van der Waals surface area contributed by atoms with Gasteiger partial charge >= 0.3 is 11.9 Å². The van der Waals surface area contributed by atoms with E-state index in [0.717, 1.165) is 0 Å². The largest absolute Gasteiger partial charge is 0.481 e. The number of carboxylic acid groups (broad SMARTS) is 2. The summed E-state index contributed by atoms with van der Waals surface area (Å²) in [5.74, 6) is -2.40. The number of ketones is 1. The number of Topliss-reactive ketones (excluding diaryl/α,β-unsaturated/α-hetero) is 1. The second kappa shape index (κ2) is 7.81. The van der Waals surface area contributed by atoms with Crippen LogP contribution in [-0.2, 0) is 14.4 Å². The van der Waals surface area contributed by atoms with E-state index in [1.165, 1.54) is 0 Å². The Bertz CT molecular complexity index is 314. The smallest absolute Gasteiger partial charge is 0.303 e. The summed E-state index contributed by atoms with van der Waals surface area (Å²) in [6, 6.07) is -0.823. The monoisotopic (exact) mass is 259 g/mol. The van der Waals surface area contributed by atoms with E-state index in [9.17, 15) is 14.4 Å². The summed E-state index contributed by atoms with van der Waals surface area (Å²) in [5.41, 5.74) is 5.58. The minimum absolute atomic E-state index is 0.0664. The molecule has 0 aromatic carbocycles. The van der Waals surface area contributed by atoms with Crippen LogP contribution in [0.4, 0.5) is 0 Å². The van der Waals surface area contributed by atoms with Crippen LogP contribution in [0.2, 0.25) is 0 Å². The number of hydrogen-bond donors (Lipinski definition) is 3. The zero-order chi connectivity index (χ0) is 14.3. The van der Waals surface area contributed by atoms with E-state index in [4.69, 9.17) is 15.9 Å². The molecule has 0 saturated carbocycles. The molecule has 0 aromatic heterocycles. The van der Waals surface area contributed by atoms with E-state index in [1.54, 1.807) is 0 Å². The predicted molar refractivity (Wildman–Crippen MR) is 65.1 cm³/mol. The second-order valence-corrected chi connectivity index (χ2v) is 4.81. The highest BCUT2D eigenvalue weighted by Crippen LogP contribution is 2.20. The maximum absolute atomic E-state index is 11.7. The van der Waals surface area contributed by atoms with E-state index in [0.29, 0.717) is 0 Å². The van der Waals surface area contributed by atoms with Crippen molar-refractivity contribution in [2.24, 2.45) is 17.6 Å². The van der Waals surface area contributed by atoms with Gasteiger partial charge in [-0.15, -0.1) is 0 Å². The minimum Gasteiger partial charge on any atom is -0.481 e. The fraction of sp³-hybridized carbons (Fsp3) is 0.750. The summed E-state index contributed by atoms with van der Waals surface area (Å²) in [5, 5.41) is 17.2. The molecular formula is C12H21NO5. The van der Waals surface area contributed by atoms with Crippen molar-refractivity contribution < 1.29 is 24.6 Å². The third kappa shape index (κ3) is 7.01. The van der Waals surface area contributed by atoms with Crippen molar-refractivity contribution in [3.63, 3.8) is 0 Å². The molecule has 0 bridgehead atoms. The van der Waals surface area contributed by atoms with Crippen LogP contribution >= 0.6 is 0 Å². The first-order valence-corrected chi connectivity index (χ1v) is 5.96. The van der Waals surface area contributed by atoms with Gasteiger partial charge in [0.2, 0.25) is 0 Å². The lowest BCUT2D eigenvalue weighted by Crippen LogP contribution is -2.33. The quantitative estimate of drug-likeness (QED) is 0.566. The number of carboxylic acids is 2. The Labute approximate surface area is 106 Å². The second-order valence-electron chi connectivity index (χ2n) is 4.81. The molecule has 6 nitrogen and oxygen atoms in total. The molecule has 0 spiro atoms. The maximum Gasteiger partial charge on any atom is 0.303 e. The standard InChI is InChI=1S/C12H21NO5/c1-7(2)8(6-12(17)18)5-10(14)9(13)3-4-11(15)16/h7-9H,3-6,13H2,1-2H3,(H,15,16)(H,17,18). The molecular weight excluding hydrogens is 238 g/mol. The van der Waals surface area contributed by atoms with Crippen LogP contribution in [0.25, 0.3) is 0 Å². The summed E-state index contributed by atoms with van der Waals surface area (Å²) in [7, 11) is 0. The zero-order valence-corrected chi connectivity index (χ0v) is 10.8. The van der Waals surface area contributed by atoms with E-state index in [1.807, 2.05) is 13.8 Å². The lowest BCUT2D eigenvalue weighted by Gasteiger charge is -2.19. The van der Waals surface area contributed by atoms with Crippen LogP contribution in [0.15, 0.2) is 0 Å². The molecule has 2 unspecified atom stereocenters. The molecule has 4 N–H and O–H groups in total. The van der Waals surface area contributed by atoms with Crippen LogP contribution in [0.3, 0.4) is 0 Å². The third-order valence-corrected chi connectivity index (χ3v) is 2.93. The van der Waals surface area contributed by atoms with Crippen molar-refractivity contribution in [3.8, 4) is 0 Å². The molecule has 0 heterocycles. The Balaban J connectivity index is 4.31. The Morgan fingerprint density at radius 1 is 1.06 bits per heavy atom. The third-order valence-electron chi connectivity index (χ3n) is 2.93. The molecule has 0 aliphatic heterocycles. The lowest BCUT2D eigenvalue weighted by molar-refractivity contribution is -0.139. The summed E-state index contributed by atoms with van der Waals surface area (Å²) < 4.78 is 0. The highest BCUT2D eigenvalue weighted by atomic mass is 16.4. The van der Waals surface area contributed by atoms with Gasteiger partial charge in [0, 0.05) is 19.3 Å². The van der Waals surface area contributed by atoms with Gasteiger partial charge < -0.3 is 15.9 Å². The summed E-state index contributed by atoms with van der Waals surface area (Å²) in [6.45, 7) is 3.70. The molecule has 0 aliphatic rings. The van der Waals surface area contributed by atoms with Crippen molar-refractivity contribution in [2.45, 2.75) is 45.6 Å². The molecule has 104 valence electrons. The van der Waals surface area contributed by atoms with Crippen LogP contribution in [0.5, 0.6) is 0 Å². The molecule has 6 heteroatoms. The SMILES string of the molecule is CC(C)C(CC(=O)O)CC(=O)C(N)CCC(=O)O. The van der Waals surface area contributed by atoms with Gasteiger partial charge in [0.15, 0.2) is 0 Å². The molecule has 0 saturated heterocycles. The van der Waals surface area contributed by atoms with Crippen LogP contribution in [0.1, 0.15) is 39.5 Å². The van der Waals surface area contributed by atoms with E-state index in [2.05, 4.69) is 0 Å². The Kier molecular flexibility index (Phi) is 7.19. The zero-order valence-electron chi connectivity index (χ0n) is 10.8. The number of aliphatic carboxylic acids is 2. The van der Waals surface area contributed by atoms with Gasteiger partial charge in [0.05, 0.1) is 6.04 Å². The molecule has 0 fully saturated rings. The van der Waals surface area contributed by atoms with Gasteiger partial charge in [-0.3, -0.25) is 14.4 Å². The average Bonchev–Trinajstić information content (AvgIpc) is 2.23. The average molecular weight is 259 g/mol. The highest BCUT2D eigenvalue weighted by molar-refractivity contribution is 5.85. The fourth-order valence-corrected chi connectivity index (χ4v) is 1.62. The predicted octanol–water partition coefficient (Wildman–Crippen LogP) is 0.885. The number of rotatable bonds is 9. The summed E-state index contributed by atoms with van der Waals surface area (Å²) in [4.78, 5) is 32.8. The van der Waals surface area contributed by atoms with Gasteiger partial charge in [-0.2, -0.15) is 0 Å². The first kappa shape index (κ1) is 16.6. The Morgan fingerprint density at radius 2 is 1.61 bits per heavy atom. The number of nitrogens with two attached hydrogens (primary N) is 1. The van der Waals surface area contributed by atoms with Crippen molar-refractivity contribution >= 4 is 17.7 Å². The fourth-order valence-electron chi connectivity index (χ4n) is 1.62. The molecule has 18 heavy (non-hydrogen) atoms. The molecule has 0 radical (unpaired) electrons. The Morgan fingerprint density at radius 3 is 2.00 bits per heavy atom. The normalized spacial score (nSPS) is 14.2. The first-order chi connectivity index (χ1) is 8.23. The van der Waals surface area contributed by atoms with E-state index < -0.39 is 18.0 Å². The number of carbonyl (C=O) groups excluding carboxylic acids is 1. The highest BCUT2D eigenvalue weighted by Gasteiger charge is 2.23. The number of carbonyl (C=O) groups is 3. The summed E-state index contributed by atoms with van der Waals surface area (Å²) in [6.07, 6.45) is -0.0515. The van der Waals surface area contributed by atoms with Gasteiger partial charge in [-0.05, 0) is 18.3 Å². The van der Waals surface area contributed by atoms with Crippen LogP contribution in [-0.4, -0.2) is 34.0 Å². The summed E-state index contributed by atoms with van der Waals surface area (Å²) >= 11 is 0. The van der Waals surface area contributed by atoms with Gasteiger partial charge in [-0.1, -0.05) is 13.8 Å². The lowest BCUT2D eigenvalue weighted by atomic mass is 9.86. The first-order valence-electron chi connectivity index (χ1n) is 5.96. The van der Waals surface area contributed by atoms with Crippen LogP contribution < -0.4 is 5.73 Å². The van der Waals surface area contributed by atoms with E-state index >= 15 is 0 Å². The van der Waals surface area contributed by atoms with Gasteiger partial charge in [-0.25, -0.2) is 0 Å². The molecule has 0 amide bonds. The van der Waals surface area contributed by atoms with Crippen molar-refractivity contribution in [1.29, 1.82) is 0 Å². The van der Waals surface area contributed by atoms with Crippen molar-refractivity contribution in [1.82, 2.24) is 0 Å². The number of hydrogen-bond acceptors (Lipinski definition) is 4. The molecule has 0 rings (SSSR count). The Hall–Kier alpha value is -1.43. The molecule has 2 atom stereocenters. The van der Waals surface area contributed by atoms with Crippen molar-refractivity contribution in [3.05, 3.63) is 0 Å². The minimum atomic E-state index is -0.996.